The van der Waals surface area contributed by atoms with Gasteiger partial charge in [0.15, 0.2) is 22.3 Å². The lowest BCUT2D eigenvalue weighted by Crippen LogP contribution is -2.63. The van der Waals surface area contributed by atoms with Crippen molar-refractivity contribution in [1.29, 1.82) is 5.26 Å². The molecule has 0 aromatic heterocycles. The van der Waals surface area contributed by atoms with Crippen LogP contribution in [-0.2, 0) is 49.9 Å². The van der Waals surface area contributed by atoms with Gasteiger partial charge in [0, 0.05) is 56.7 Å². The Morgan fingerprint density at radius 2 is 1.73 bits per heavy atom. The SMILES string of the molecule is COc1cc2cc(c1Cl)N(C)C(=O)C[C@H](OC(=O)[C@H](C)N(C)C(=O)CCS/C(=C\C#N)c1ccc(C(=O)Oc3c(F)c(F)c(S(=O)(=O)O)c(F)c3F)cc1)[C@]1(C)O[C@H]1C(C)[C@@H]1C[C@@](O)(NC(=O)O1)[C@H](OC)/C=C/C=C(\C)C2. The maximum Gasteiger partial charge on any atom is 0.409 e. The number of epoxide rings is 1. The number of thioether (sulfide) groups is 1. The summed E-state index contributed by atoms with van der Waals surface area (Å²) in [5.74, 6) is -15.7. The van der Waals surface area contributed by atoms with Crippen molar-refractivity contribution >= 4 is 73.9 Å². The van der Waals surface area contributed by atoms with Gasteiger partial charge in [-0.2, -0.15) is 22.5 Å². The molecule has 0 spiro atoms. The summed E-state index contributed by atoms with van der Waals surface area (Å²) in [4.78, 5) is 68.2. The standard InChI is InChI=1S/C51H53ClF4N4O15S2/c1-25-10-9-11-35(71-8)51(66)24-33(72-49(65)58-51)26(2)46-50(4,75-46)36(23-38(62)60(6)31-21-28(20-25)22-32(70-7)39(31)52)73-47(63)27(3)59(5)37(61)17-19-76-34(16-18-57)29-12-14-30(15-13-29)48(64)74-44-40(53)42(55)45(77(67,68)69)43(56)41(44)54/h9-16,21-22,26-27,33,35-36,46,66H,17,19-20,23-24H2,1-8H3,(H,58,65)(H,67,68,69)/b11-9+,25-10+,34-16-/t26?,27-,33-,35+,36-,46-,50-,51-/m0/s1. The van der Waals surface area contributed by atoms with E-state index in [4.69, 9.17) is 39.8 Å². The highest BCUT2D eigenvalue weighted by Gasteiger charge is 2.64. The smallest absolute Gasteiger partial charge is 0.409 e. The number of rotatable bonds is 13. The number of fused-ring (bicyclic) bond motifs is 5. The second-order valence-electron chi connectivity index (χ2n) is 18.5. The van der Waals surface area contributed by atoms with Crippen LogP contribution in [0.25, 0.3) is 4.91 Å². The molecule has 3 aromatic rings. The van der Waals surface area contributed by atoms with Crippen LogP contribution in [0, 0.1) is 40.5 Å². The van der Waals surface area contributed by atoms with E-state index >= 15 is 0 Å². The zero-order valence-corrected chi connectivity index (χ0v) is 44.9. The summed E-state index contributed by atoms with van der Waals surface area (Å²) in [6.45, 7) is 6.61. The molecule has 77 heavy (non-hydrogen) atoms. The molecule has 0 aliphatic carbocycles. The minimum Gasteiger partial charge on any atom is -0.495 e. The number of amides is 3. The van der Waals surface area contributed by atoms with Crippen LogP contribution in [0.3, 0.4) is 0 Å². The molecule has 3 N–H and O–H groups in total. The highest BCUT2D eigenvalue weighted by atomic mass is 35.5. The molecule has 2 fully saturated rings. The number of alkyl carbamates (subject to hydrolysis) is 1. The monoisotopic (exact) mass is 1140 g/mol. The fraction of sp³-hybridized carbons (Fsp3) is 0.412. The van der Waals surface area contributed by atoms with Crippen LogP contribution in [0.2, 0.25) is 5.02 Å². The van der Waals surface area contributed by atoms with Crippen molar-refractivity contribution in [1.82, 2.24) is 10.2 Å². The van der Waals surface area contributed by atoms with Crippen LogP contribution in [0.15, 0.2) is 71.2 Å². The topological polar surface area (TPSA) is 261 Å². The Kier molecular flexibility index (Phi) is 18.6. The third kappa shape index (κ3) is 13.1. The number of hydrogen-bond donors (Lipinski definition) is 3. The molecule has 0 saturated carbocycles. The van der Waals surface area contributed by atoms with E-state index in [-0.39, 0.29) is 34.3 Å². The Labute approximate surface area is 449 Å². The van der Waals surface area contributed by atoms with E-state index in [2.05, 4.69) is 10.1 Å². The zero-order chi connectivity index (χ0) is 57.1. The van der Waals surface area contributed by atoms with Gasteiger partial charge in [0.25, 0.3) is 0 Å². The largest absolute Gasteiger partial charge is 0.495 e. The lowest BCUT2D eigenvalue weighted by Gasteiger charge is -2.42. The first-order valence-corrected chi connectivity index (χ1v) is 26.1. The summed E-state index contributed by atoms with van der Waals surface area (Å²) in [6, 6.07) is 8.74. The summed E-state index contributed by atoms with van der Waals surface area (Å²) in [7, 11) is -0.114. The minimum absolute atomic E-state index is 0.0224. The Morgan fingerprint density at radius 1 is 1.09 bits per heavy atom. The number of carbonyl (C=O) groups excluding carboxylic acids is 5. The Morgan fingerprint density at radius 3 is 2.32 bits per heavy atom. The number of nitrogens with zero attached hydrogens (tertiary/aromatic N) is 3. The molecule has 4 bridgehead atoms. The van der Waals surface area contributed by atoms with Crippen LogP contribution in [-0.4, -0.2) is 129 Å². The van der Waals surface area contributed by atoms with Gasteiger partial charge in [0.1, 0.15) is 40.7 Å². The third-order valence-electron chi connectivity index (χ3n) is 13.3. The first kappa shape index (κ1) is 59.7. The van der Waals surface area contributed by atoms with Crippen LogP contribution < -0.4 is 19.7 Å². The van der Waals surface area contributed by atoms with Gasteiger partial charge in [-0.15, -0.1) is 11.8 Å². The number of anilines is 1. The number of carbonyl (C=O) groups is 5. The average molecular weight is 1140 g/mol. The second kappa shape index (κ2) is 24.0. The predicted molar refractivity (Wildman–Crippen MR) is 269 cm³/mol. The lowest BCUT2D eigenvalue weighted by molar-refractivity contribution is -0.162. The maximum absolute atomic E-state index is 14.5. The number of methoxy groups -OCH3 is 2. The normalized spacial score (nSPS) is 25.4. The van der Waals surface area contributed by atoms with Crippen molar-refractivity contribution in [2.24, 2.45) is 5.92 Å². The van der Waals surface area contributed by atoms with E-state index in [1.807, 2.05) is 13.0 Å². The summed E-state index contributed by atoms with van der Waals surface area (Å²) in [5, 5.41) is 24.0. The Hall–Kier alpha value is -6.53. The van der Waals surface area contributed by atoms with Gasteiger partial charge in [-0.25, -0.2) is 23.2 Å². The quantitative estimate of drug-likeness (QED) is 0.0290. The summed E-state index contributed by atoms with van der Waals surface area (Å²) >= 11 is 7.81. The van der Waals surface area contributed by atoms with Crippen LogP contribution in [0.4, 0.5) is 28.0 Å². The number of halogens is 5. The van der Waals surface area contributed by atoms with Gasteiger partial charge >= 0.3 is 28.1 Å². The predicted octanol–water partition coefficient (Wildman–Crippen LogP) is 7.22. The van der Waals surface area contributed by atoms with E-state index < -0.39 is 134 Å². The first-order valence-electron chi connectivity index (χ1n) is 23.3. The molecule has 6 rings (SSSR count). The van der Waals surface area contributed by atoms with E-state index in [9.17, 15) is 60.3 Å². The van der Waals surface area contributed by atoms with Gasteiger partial charge in [-0.1, -0.05) is 54.5 Å². The van der Waals surface area contributed by atoms with E-state index in [1.54, 1.807) is 44.2 Å². The van der Waals surface area contributed by atoms with E-state index in [0.717, 1.165) is 46.0 Å². The summed E-state index contributed by atoms with van der Waals surface area (Å²) in [6.07, 6.45) is 0.710. The second-order valence-corrected chi connectivity index (χ2v) is 21.4. The number of likely N-dealkylation sites (N-methyl/N-ethyl adjacent to an activating group) is 1. The van der Waals surface area contributed by atoms with Crippen molar-refractivity contribution in [2.75, 3.05) is 39.0 Å². The van der Waals surface area contributed by atoms with Crippen molar-refractivity contribution in [3.63, 3.8) is 0 Å². The minimum atomic E-state index is -5.77. The summed E-state index contributed by atoms with van der Waals surface area (Å²) in [5.41, 5.74) is -1.57. The third-order valence-corrected chi connectivity index (χ3v) is 15.7. The van der Waals surface area contributed by atoms with Crippen LogP contribution in [0.5, 0.6) is 11.5 Å². The molecule has 19 nitrogen and oxygen atoms in total. The number of ether oxygens (including phenoxy) is 6. The van der Waals surface area contributed by atoms with Gasteiger partial charge in [0.05, 0.1) is 37.0 Å². The molecule has 2 saturated heterocycles. The molecular weight excluding hydrogens is 1080 g/mol. The molecule has 8 atom stereocenters. The molecule has 0 radical (unpaired) electrons. The highest BCUT2D eigenvalue weighted by Crippen LogP contribution is 2.49. The van der Waals surface area contributed by atoms with Crippen LogP contribution in [0.1, 0.15) is 68.4 Å². The molecule has 26 heteroatoms. The van der Waals surface area contributed by atoms with Crippen molar-refractivity contribution in [3.8, 4) is 17.6 Å². The van der Waals surface area contributed by atoms with Crippen LogP contribution >= 0.6 is 23.4 Å². The van der Waals surface area contributed by atoms with Crippen molar-refractivity contribution in [3.05, 3.63) is 111 Å². The Bertz CT molecular complexity index is 3070. The molecule has 3 amide bonds. The summed E-state index contributed by atoms with van der Waals surface area (Å²) < 4.78 is 123. The number of benzene rings is 3. The van der Waals surface area contributed by atoms with Crippen molar-refractivity contribution in [2.45, 2.75) is 100 Å². The molecule has 3 aliphatic heterocycles. The first-order chi connectivity index (χ1) is 36.1. The average Bonchev–Trinajstić information content (AvgIpc) is 4.16. The van der Waals surface area contributed by atoms with Gasteiger partial charge in [0.2, 0.25) is 29.2 Å². The zero-order valence-electron chi connectivity index (χ0n) is 42.5. The van der Waals surface area contributed by atoms with E-state index in [0.29, 0.717) is 17.7 Å². The fourth-order valence-corrected chi connectivity index (χ4v) is 10.6. The molecule has 3 aromatic carbocycles. The molecule has 3 heterocycles. The lowest BCUT2D eigenvalue weighted by atomic mass is 9.83. The molecular formula is C51H53ClF4N4O15S2. The highest BCUT2D eigenvalue weighted by molar-refractivity contribution is 8.08. The number of allylic oxidation sites excluding steroid dienone is 4. The number of esters is 2. The van der Waals surface area contributed by atoms with Gasteiger partial charge in [-0.05, 0) is 62.6 Å². The number of aliphatic hydroxyl groups is 1. The van der Waals surface area contributed by atoms with Crippen molar-refractivity contribution < 1.29 is 88.0 Å². The Balaban J connectivity index is 1.17. The molecule has 414 valence electrons. The van der Waals surface area contributed by atoms with E-state index in [1.165, 1.54) is 52.3 Å². The number of nitriles is 1. The van der Waals surface area contributed by atoms with Gasteiger partial charge < -0.3 is 43.3 Å². The molecule has 1 unspecified atom stereocenters. The maximum atomic E-state index is 14.5. The fourth-order valence-electron chi connectivity index (χ4n) is 8.74. The van der Waals surface area contributed by atoms with Gasteiger partial charge in [-0.3, -0.25) is 19.5 Å². The number of nitrogens with one attached hydrogen (secondary N) is 1. The molecule has 3 aliphatic rings. The number of hydrogen-bond acceptors (Lipinski definition) is 16.